The van der Waals surface area contributed by atoms with Gasteiger partial charge in [0, 0.05) is 20.3 Å². The highest BCUT2D eigenvalue weighted by Gasteiger charge is 2.31. The Morgan fingerprint density at radius 3 is 2.57 bits per heavy atom. The number of carbonyl (C=O) groups is 1. The summed E-state index contributed by atoms with van der Waals surface area (Å²) >= 11 is 4.29. The van der Waals surface area contributed by atoms with Gasteiger partial charge in [-0.2, -0.15) is 13.2 Å². The highest BCUT2D eigenvalue weighted by molar-refractivity contribution is 9.10. The number of benzene rings is 1. The fraction of sp³-hybridized carbons (Fsp3) is 0.0714. The second-order valence-corrected chi connectivity index (χ2v) is 6.13. The summed E-state index contributed by atoms with van der Waals surface area (Å²) < 4.78 is 38.7. The molecule has 7 heteroatoms. The Bertz CT molecular complexity index is 704. The molecule has 0 radical (unpaired) electrons. The fourth-order valence-electron chi connectivity index (χ4n) is 1.65. The van der Waals surface area contributed by atoms with Crippen LogP contribution in [0.15, 0.2) is 40.9 Å². The first-order valence-corrected chi connectivity index (χ1v) is 7.25. The van der Waals surface area contributed by atoms with Crippen LogP contribution in [-0.2, 0) is 11.0 Å². The zero-order valence-corrected chi connectivity index (χ0v) is 12.7. The molecule has 1 aromatic heterocycles. The smallest absolute Gasteiger partial charge is 0.416 e. The zero-order valence-electron chi connectivity index (χ0n) is 10.3. The van der Waals surface area contributed by atoms with Crippen molar-refractivity contribution >= 4 is 39.3 Å². The summed E-state index contributed by atoms with van der Waals surface area (Å²) in [4.78, 5) is 11.7. The molecule has 110 valence electrons. The van der Waals surface area contributed by atoms with Crippen LogP contribution in [0.1, 0.15) is 10.4 Å². The molecule has 0 amide bonds. The number of hydrogen-bond donors (Lipinski definition) is 1. The number of alkyl halides is 3. The molecule has 0 fully saturated rings. The second-order valence-electron chi connectivity index (χ2n) is 4.10. The van der Waals surface area contributed by atoms with E-state index in [0.717, 1.165) is 18.2 Å². The lowest BCUT2D eigenvalue weighted by atomic mass is 10.1. The van der Waals surface area contributed by atoms with Gasteiger partial charge in [-0.05, 0) is 42.0 Å². The molecule has 21 heavy (non-hydrogen) atoms. The molecule has 1 heterocycles. The van der Waals surface area contributed by atoms with E-state index in [0.29, 0.717) is 19.8 Å². The number of carboxylic acid groups (broad SMARTS) is 1. The standard InChI is InChI=1S/C14H8BrF3O2S/c15-10-6-8(5-9(7-10)14(16,17)18)12-3-1-11(21-12)2-4-13(19)20/h1-7H,(H,19,20). The highest BCUT2D eigenvalue weighted by atomic mass is 79.9. The molecule has 1 N–H and O–H groups in total. The Morgan fingerprint density at radius 2 is 1.95 bits per heavy atom. The first kappa shape index (κ1) is 15.8. The van der Waals surface area contributed by atoms with Gasteiger partial charge in [0.05, 0.1) is 5.56 Å². The van der Waals surface area contributed by atoms with E-state index in [1.165, 1.54) is 17.4 Å². The molecule has 2 rings (SSSR count). The third-order valence-electron chi connectivity index (χ3n) is 2.53. The van der Waals surface area contributed by atoms with Crippen molar-refractivity contribution in [2.45, 2.75) is 6.18 Å². The minimum absolute atomic E-state index is 0.336. The van der Waals surface area contributed by atoms with Crippen molar-refractivity contribution in [1.82, 2.24) is 0 Å². The van der Waals surface area contributed by atoms with Crippen LogP contribution in [0.3, 0.4) is 0 Å². The highest BCUT2D eigenvalue weighted by Crippen LogP contribution is 2.37. The van der Waals surface area contributed by atoms with Crippen molar-refractivity contribution in [2.75, 3.05) is 0 Å². The molecule has 0 aliphatic rings. The Kier molecular flexibility index (Phi) is 4.53. The van der Waals surface area contributed by atoms with Crippen molar-refractivity contribution in [1.29, 1.82) is 0 Å². The summed E-state index contributed by atoms with van der Waals surface area (Å²) in [5.41, 5.74) is -0.306. The molecule has 0 unspecified atom stereocenters. The molecular weight excluding hydrogens is 369 g/mol. The summed E-state index contributed by atoms with van der Waals surface area (Å²) in [7, 11) is 0. The third kappa shape index (κ3) is 4.18. The van der Waals surface area contributed by atoms with E-state index >= 15 is 0 Å². The maximum atomic E-state index is 12.8. The largest absolute Gasteiger partial charge is 0.478 e. The summed E-state index contributed by atoms with van der Waals surface area (Å²) in [6.45, 7) is 0. The maximum absolute atomic E-state index is 12.8. The number of thiophene rings is 1. The Balaban J connectivity index is 2.39. The Morgan fingerprint density at radius 1 is 1.24 bits per heavy atom. The number of halogens is 4. The van der Waals surface area contributed by atoms with Gasteiger partial charge in [-0.3, -0.25) is 0 Å². The predicted octanol–water partition coefficient (Wildman–Crippen LogP) is 5.29. The van der Waals surface area contributed by atoms with Crippen molar-refractivity contribution in [2.24, 2.45) is 0 Å². The minimum atomic E-state index is -4.41. The summed E-state index contributed by atoms with van der Waals surface area (Å²) in [5.74, 6) is -1.08. The number of rotatable bonds is 3. The monoisotopic (exact) mass is 376 g/mol. The normalized spacial score (nSPS) is 12.0. The van der Waals surface area contributed by atoms with Crippen molar-refractivity contribution < 1.29 is 23.1 Å². The van der Waals surface area contributed by atoms with E-state index in [-0.39, 0.29) is 0 Å². The second kappa shape index (κ2) is 6.03. The maximum Gasteiger partial charge on any atom is 0.416 e. The van der Waals surface area contributed by atoms with Crippen LogP contribution in [0.4, 0.5) is 13.2 Å². The number of aliphatic carboxylic acids is 1. The van der Waals surface area contributed by atoms with Gasteiger partial charge in [0.15, 0.2) is 0 Å². The first-order valence-electron chi connectivity index (χ1n) is 5.65. The van der Waals surface area contributed by atoms with Gasteiger partial charge in [0.1, 0.15) is 0 Å². The van der Waals surface area contributed by atoms with Crippen molar-refractivity contribution in [3.8, 4) is 10.4 Å². The average molecular weight is 377 g/mol. The molecule has 0 aliphatic heterocycles. The number of hydrogen-bond acceptors (Lipinski definition) is 2. The van der Waals surface area contributed by atoms with E-state index in [1.54, 1.807) is 18.2 Å². The topological polar surface area (TPSA) is 37.3 Å². The van der Waals surface area contributed by atoms with Gasteiger partial charge in [-0.15, -0.1) is 11.3 Å². The first-order chi connectivity index (χ1) is 9.75. The van der Waals surface area contributed by atoms with Crippen LogP contribution < -0.4 is 0 Å². The molecule has 2 aromatic rings. The van der Waals surface area contributed by atoms with Gasteiger partial charge < -0.3 is 5.11 Å². The quantitative estimate of drug-likeness (QED) is 0.738. The molecule has 0 aliphatic carbocycles. The van der Waals surface area contributed by atoms with Crippen molar-refractivity contribution in [3.63, 3.8) is 0 Å². The van der Waals surface area contributed by atoms with Gasteiger partial charge in [0.25, 0.3) is 0 Å². The molecule has 0 saturated carbocycles. The summed E-state index contributed by atoms with van der Waals surface area (Å²) in [6.07, 6.45) is -2.03. The van der Waals surface area contributed by atoms with Gasteiger partial charge in [-0.1, -0.05) is 15.9 Å². The lowest BCUT2D eigenvalue weighted by Crippen LogP contribution is -2.04. The Hall–Kier alpha value is -1.60. The van der Waals surface area contributed by atoms with Gasteiger partial charge in [0.2, 0.25) is 0 Å². The van der Waals surface area contributed by atoms with E-state index in [9.17, 15) is 18.0 Å². The lowest BCUT2D eigenvalue weighted by molar-refractivity contribution is -0.137. The molecule has 0 bridgehead atoms. The number of carboxylic acids is 1. The molecule has 0 atom stereocenters. The zero-order chi connectivity index (χ0) is 15.6. The van der Waals surface area contributed by atoms with Crippen LogP contribution in [0.5, 0.6) is 0 Å². The van der Waals surface area contributed by atoms with E-state index in [4.69, 9.17) is 5.11 Å². The predicted molar refractivity (Wildman–Crippen MR) is 79.1 cm³/mol. The molecule has 0 saturated heterocycles. The average Bonchev–Trinajstić information content (AvgIpc) is 2.83. The van der Waals surface area contributed by atoms with E-state index < -0.39 is 17.7 Å². The lowest BCUT2D eigenvalue weighted by Gasteiger charge is -2.09. The summed E-state index contributed by atoms with van der Waals surface area (Å²) in [6, 6.07) is 7.00. The van der Waals surface area contributed by atoms with Crippen LogP contribution in [0.25, 0.3) is 16.5 Å². The third-order valence-corrected chi connectivity index (χ3v) is 4.08. The fourth-order valence-corrected chi connectivity index (χ4v) is 3.04. The molecular formula is C14H8BrF3O2S. The van der Waals surface area contributed by atoms with Crippen LogP contribution in [-0.4, -0.2) is 11.1 Å². The van der Waals surface area contributed by atoms with E-state index in [1.807, 2.05) is 0 Å². The van der Waals surface area contributed by atoms with Crippen LogP contribution in [0.2, 0.25) is 0 Å². The van der Waals surface area contributed by atoms with Gasteiger partial charge >= 0.3 is 12.1 Å². The SMILES string of the molecule is O=C(O)C=Cc1ccc(-c2cc(Br)cc(C(F)(F)F)c2)s1. The molecule has 2 nitrogen and oxygen atoms in total. The Labute approximate surface area is 130 Å². The molecule has 1 aromatic carbocycles. The van der Waals surface area contributed by atoms with Crippen molar-refractivity contribution in [3.05, 3.63) is 51.3 Å². The minimum Gasteiger partial charge on any atom is -0.478 e. The van der Waals surface area contributed by atoms with Crippen LogP contribution >= 0.6 is 27.3 Å². The van der Waals surface area contributed by atoms with Gasteiger partial charge in [-0.25, -0.2) is 4.79 Å². The summed E-state index contributed by atoms with van der Waals surface area (Å²) in [5, 5.41) is 8.55. The molecule has 0 spiro atoms. The van der Waals surface area contributed by atoms with E-state index in [2.05, 4.69) is 15.9 Å². The van der Waals surface area contributed by atoms with Crippen LogP contribution in [0, 0.1) is 0 Å².